The molecule has 0 aliphatic heterocycles. The molecule has 0 fully saturated rings. The maximum atomic E-state index is 13.4. The van der Waals surface area contributed by atoms with Crippen LogP contribution < -0.4 is 5.32 Å². The molecule has 31 heavy (non-hydrogen) atoms. The number of nitrogens with one attached hydrogen (secondary N) is 1. The van der Waals surface area contributed by atoms with Crippen molar-refractivity contribution in [1.82, 2.24) is 4.31 Å². The van der Waals surface area contributed by atoms with Crippen LogP contribution in [0.15, 0.2) is 71.6 Å². The molecule has 0 heterocycles. The molecule has 8 heteroatoms. The highest BCUT2D eigenvalue weighted by Crippen LogP contribution is 2.28. The Morgan fingerprint density at radius 3 is 2.32 bits per heavy atom. The van der Waals surface area contributed by atoms with Gasteiger partial charge >= 0.3 is 0 Å². The number of sulfonamides is 1. The molecule has 0 radical (unpaired) electrons. The van der Waals surface area contributed by atoms with E-state index in [9.17, 15) is 13.2 Å². The van der Waals surface area contributed by atoms with E-state index in [1.54, 1.807) is 18.2 Å². The quantitative estimate of drug-likeness (QED) is 0.493. The van der Waals surface area contributed by atoms with Crippen molar-refractivity contribution in [2.75, 3.05) is 11.9 Å². The lowest BCUT2D eigenvalue weighted by Crippen LogP contribution is -2.37. The summed E-state index contributed by atoms with van der Waals surface area (Å²) in [6.45, 7) is 3.54. The highest BCUT2D eigenvalue weighted by atomic mass is 35.5. The van der Waals surface area contributed by atoms with Gasteiger partial charge in [0.15, 0.2) is 0 Å². The lowest BCUT2D eigenvalue weighted by molar-refractivity contribution is -0.116. The van der Waals surface area contributed by atoms with Gasteiger partial charge in [-0.05, 0) is 60.9 Å². The summed E-state index contributed by atoms with van der Waals surface area (Å²) in [6, 6.07) is 18.8. The summed E-state index contributed by atoms with van der Waals surface area (Å²) in [5.74, 6) is -0.457. The first-order valence-corrected chi connectivity index (χ1v) is 11.7. The van der Waals surface area contributed by atoms with Crippen LogP contribution in [0.4, 0.5) is 5.69 Å². The number of anilines is 1. The first-order chi connectivity index (χ1) is 14.7. The highest BCUT2D eigenvalue weighted by molar-refractivity contribution is 7.89. The molecule has 0 spiro atoms. The molecular weight excluding hydrogens is 455 g/mol. The van der Waals surface area contributed by atoms with Crippen molar-refractivity contribution in [2.45, 2.75) is 25.3 Å². The topological polar surface area (TPSA) is 66.5 Å². The Morgan fingerprint density at radius 2 is 1.65 bits per heavy atom. The summed E-state index contributed by atoms with van der Waals surface area (Å²) in [5.41, 5.74) is 3.47. The molecule has 162 valence electrons. The summed E-state index contributed by atoms with van der Waals surface area (Å²) < 4.78 is 27.9. The number of amides is 1. The van der Waals surface area contributed by atoms with Crippen molar-refractivity contribution in [3.63, 3.8) is 0 Å². The molecule has 3 aromatic rings. The van der Waals surface area contributed by atoms with Crippen LogP contribution in [0.3, 0.4) is 0 Å². The minimum absolute atomic E-state index is 0.00631. The Morgan fingerprint density at radius 1 is 0.935 bits per heavy atom. The highest BCUT2D eigenvalue weighted by Gasteiger charge is 2.29. The zero-order chi connectivity index (χ0) is 22.6. The van der Waals surface area contributed by atoms with Crippen LogP contribution in [0.1, 0.15) is 16.7 Å². The van der Waals surface area contributed by atoms with Gasteiger partial charge in [-0.1, -0.05) is 59.6 Å². The fourth-order valence-electron chi connectivity index (χ4n) is 3.01. The largest absolute Gasteiger partial charge is 0.325 e. The standard InChI is InChI=1S/C23H22Cl2N2O3S/c1-16-8-10-20(12-17(16)2)26-23(28)15-27(14-18-6-4-3-5-7-18)31(29,30)22-13-19(24)9-11-21(22)25/h3-13H,14-15H2,1-2H3,(H,26,28). The maximum Gasteiger partial charge on any atom is 0.245 e. The van der Waals surface area contributed by atoms with Crippen molar-refractivity contribution < 1.29 is 13.2 Å². The lowest BCUT2D eigenvalue weighted by Gasteiger charge is -2.23. The van der Waals surface area contributed by atoms with E-state index in [0.717, 1.165) is 21.0 Å². The second-order valence-corrected chi connectivity index (χ2v) is 9.93. The van der Waals surface area contributed by atoms with Crippen LogP contribution in [0.5, 0.6) is 0 Å². The Kier molecular flexibility index (Phi) is 7.38. The van der Waals surface area contributed by atoms with E-state index in [1.807, 2.05) is 44.2 Å². The zero-order valence-corrected chi connectivity index (χ0v) is 19.4. The van der Waals surface area contributed by atoms with E-state index >= 15 is 0 Å². The van der Waals surface area contributed by atoms with Gasteiger partial charge in [-0.15, -0.1) is 0 Å². The summed E-state index contributed by atoms with van der Waals surface area (Å²) >= 11 is 12.2. The average Bonchev–Trinajstić information content (AvgIpc) is 2.72. The summed E-state index contributed by atoms with van der Waals surface area (Å²) in [6.07, 6.45) is 0. The molecule has 0 aromatic heterocycles. The van der Waals surface area contributed by atoms with Gasteiger partial charge in [-0.3, -0.25) is 4.79 Å². The first-order valence-electron chi connectivity index (χ1n) is 9.53. The number of halogens is 2. The molecule has 1 N–H and O–H groups in total. The number of hydrogen-bond acceptors (Lipinski definition) is 3. The van der Waals surface area contributed by atoms with Crippen LogP contribution in [-0.2, 0) is 21.4 Å². The van der Waals surface area contributed by atoms with Crippen LogP contribution in [-0.4, -0.2) is 25.2 Å². The fourth-order valence-corrected chi connectivity index (χ4v) is 5.13. The Bertz CT molecular complexity index is 1200. The maximum absolute atomic E-state index is 13.4. The predicted molar refractivity (Wildman–Crippen MR) is 125 cm³/mol. The molecule has 3 aromatic carbocycles. The van der Waals surface area contributed by atoms with E-state index < -0.39 is 15.9 Å². The fraction of sp³-hybridized carbons (Fsp3) is 0.174. The number of hydrogen-bond donors (Lipinski definition) is 1. The molecule has 0 atom stereocenters. The molecule has 3 rings (SSSR count). The third-order valence-electron chi connectivity index (χ3n) is 4.82. The minimum atomic E-state index is -4.10. The molecule has 0 aliphatic rings. The SMILES string of the molecule is Cc1ccc(NC(=O)CN(Cc2ccccc2)S(=O)(=O)c2cc(Cl)ccc2Cl)cc1C. The second kappa shape index (κ2) is 9.83. The van der Waals surface area contributed by atoms with Gasteiger partial charge in [0.05, 0.1) is 11.6 Å². The third kappa shape index (κ3) is 5.86. The van der Waals surface area contributed by atoms with Crippen LogP contribution >= 0.6 is 23.2 Å². The van der Waals surface area contributed by atoms with Crippen molar-refractivity contribution in [2.24, 2.45) is 0 Å². The molecule has 0 saturated carbocycles. The van der Waals surface area contributed by atoms with Gasteiger partial charge in [0.1, 0.15) is 4.90 Å². The Labute approximate surface area is 192 Å². The van der Waals surface area contributed by atoms with E-state index in [0.29, 0.717) is 5.69 Å². The number of carbonyl (C=O) groups excluding carboxylic acids is 1. The molecule has 1 amide bonds. The molecule has 0 saturated heterocycles. The molecule has 0 bridgehead atoms. The third-order valence-corrected chi connectivity index (χ3v) is 7.33. The molecule has 0 aliphatic carbocycles. The second-order valence-electron chi connectivity index (χ2n) is 7.18. The number of benzene rings is 3. The summed E-state index contributed by atoms with van der Waals surface area (Å²) in [7, 11) is -4.10. The van der Waals surface area contributed by atoms with Gasteiger partial charge in [0.2, 0.25) is 15.9 Å². The van der Waals surface area contributed by atoms with E-state index in [4.69, 9.17) is 23.2 Å². The lowest BCUT2D eigenvalue weighted by atomic mass is 10.1. The van der Waals surface area contributed by atoms with Crippen LogP contribution in [0.2, 0.25) is 10.0 Å². The number of rotatable bonds is 7. The summed E-state index contributed by atoms with van der Waals surface area (Å²) in [5, 5.41) is 3.05. The van der Waals surface area contributed by atoms with Crippen molar-refractivity contribution in [3.8, 4) is 0 Å². The molecule has 5 nitrogen and oxygen atoms in total. The van der Waals surface area contributed by atoms with Gasteiger partial charge in [-0.2, -0.15) is 4.31 Å². The van der Waals surface area contributed by atoms with Crippen molar-refractivity contribution in [1.29, 1.82) is 0 Å². The zero-order valence-electron chi connectivity index (χ0n) is 17.1. The van der Waals surface area contributed by atoms with Gasteiger partial charge in [0.25, 0.3) is 0 Å². The number of aryl methyl sites for hydroxylation is 2. The molecular formula is C23H22Cl2N2O3S. The number of nitrogens with zero attached hydrogens (tertiary/aromatic N) is 1. The average molecular weight is 477 g/mol. The smallest absolute Gasteiger partial charge is 0.245 e. The van der Waals surface area contributed by atoms with Crippen molar-refractivity contribution in [3.05, 3.63) is 93.5 Å². The van der Waals surface area contributed by atoms with Gasteiger partial charge < -0.3 is 5.32 Å². The van der Waals surface area contributed by atoms with Gasteiger partial charge in [0, 0.05) is 17.3 Å². The van der Waals surface area contributed by atoms with E-state index in [-0.39, 0.29) is 28.0 Å². The normalized spacial score (nSPS) is 11.5. The van der Waals surface area contributed by atoms with Crippen LogP contribution in [0.25, 0.3) is 0 Å². The Hall–Kier alpha value is -2.38. The van der Waals surface area contributed by atoms with Gasteiger partial charge in [-0.25, -0.2) is 8.42 Å². The first kappa shape index (κ1) is 23.3. The van der Waals surface area contributed by atoms with E-state index in [1.165, 1.54) is 18.2 Å². The predicted octanol–water partition coefficient (Wildman–Crippen LogP) is 5.44. The summed E-state index contributed by atoms with van der Waals surface area (Å²) in [4.78, 5) is 12.6. The minimum Gasteiger partial charge on any atom is -0.325 e. The Balaban J connectivity index is 1.91. The number of carbonyl (C=O) groups is 1. The monoisotopic (exact) mass is 476 g/mol. The van der Waals surface area contributed by atoms with Crippen molar-refractivity contribution >= 4 is 44.8 Å². The van der Waals surface area contributed by atoms with E-state index in [2.05, 4.69) is 5.32 Å². The van der Waals surface area contributed by atoms with Crippen LogP contribution in [0, 0.1) is 13.8 Å². The molecule has 0 unspecified atom stereocenters.